The summed E-state index contributed by atoms with van der Waals surface area (Å²) in [5.74, 6) is -0.852. The van der Waals surface area contributed by atoms with Gasteiger partial charge >= 0.3 is 0 Å². The summed E-state index contributed by atoms with van der Waals surface area (Å²) >= 11 is 5.78. The van der Waals surface area contributed by atoms with E-state index in [1.165, 1.54) is 29.1 Å². The smallest absolute Gasteiger partial charge is 0.264 e. The summed E-state index contributed by atoms with van der Waals surface area (Å²) in [6, 6.07) is 4.05. The first-order valence-corrected chi connectivity index (χ1v) is 7.66. The van der Waals surface area contributed by atoms with E-state index in [9.17, 15) is 12.8 Å². The van der Waals surface area contributed by atoms with Gasteiger partial charge in [0.2, 0.25) is 0 Å². The van der Waals surface area contributed by atoms with Crippen molar-refractivity contribution in [2.24, 2.45) is 0 Å². The van der Waals surface area contributed by atoms with Crippen molar-refractivity contribution in [2.75, 3.05) is 5.75 Å². The molecule has 108 valence electrons. The Balaban J connectivity index is 2.11. The van der Waals surface area contributed by atoms with Crippen LogP contribution in [-0.2, 0) is 16.5 Å². The molecule has 0 aliphatic rings. The predicted molar refractivity (Wildman–Crippen MR) is 71.1 cm³/mol. The Morgan fingerprint density at radius 3 is 2.85 bits per heavy atom. The maximum Gasteiger partial charge on any atom is 0.264 e. The first-order chi connectivity index (χ1) is 9.35. The number of halogens is 2. The Bertz CT molecular complexity index is 717. The Morgan fingerprint density at radius 2 is 2.15 bits per heavy atom. The maximum absolute atomic E-state index is 13.6. The molecule has 1 aromatic carbocycles. The third kappa shape index (κ3) is 3.99. The molecule has 0 bridgehead atoms. The summed E-state index contributed by atoms with van der Waals surface area (Å²) in [5.41, 5.74) is 0.652. The molecule has 9 heteroatoms. The molecule has 0 saturated heterocycles. The Labute approximate surface area is 119 Å². The van der Waals surface area contributed by atoms with Gasteiger partial charge in [0.15, 0.2) is 0 Å². The molecule has 0 fully saturated rings. The van der Waals surface area contributed by atoms with Crippen LogP contribution in [0.15, 0.2) is 24.4 Å². The molecular weight excluding hydrogens is 309 g/mol. The zero-order valence-corrected chi connectivity index (χ0v) is 11.8. The van der Waals surface area contributed by atoms with Crippen molar-refractivity contribution in [2.45, 2.75) is 12.8 Å². The van der Waals surface area contributed by atoms with Gasteiger partial charge in [-0.25, -0.2) is 9.07 Å². The van der Waals surface area contributed by atoms with Gasteiger partial charge in [-0.05, 0) is 31.0 Å². The summed E-state index contributed by atoms with van der Waals surface area (Å²) in [6.45, 7) is 0. The Kier molecular flexibility index (Phi) is 4.36. The fourth-order valence-corrected chi connectivity index (χ4v) is 2.30. The maximum atomic E-state index is 13.6. The van der Waals surface area contributed by atoms with E-state index in [-0.39, 0.29) is 17.9 Å². The normalized spacial score (nSPS) is 11.8. The molecule has 0 spiro atoms. The minimum absolute atomic E-state index is 0.158. The zero-order chi connectivity index (χ0) is 14.8. The van der Waals surface area contributed by atoms with E-state index >= 15 is 0 Å². The molecule has 0 aliphatic carbocycles. The van der Waals surface area contributed by atoms with Gasteiger partial charge in [0.1, 0.15) is 11.5 Å². The number of nitrogens with zero attached hydrogens (tertiary/aromatic N) is 3. The lowest BCUT2D eigenvalue weighted by molar-refractivity contribution is 0.481. The number of aromatic nitrogens is 3. The van der Waals surface area contributed by atoms with Gasteiger partial charge in [0, 0.05) is 5.02 Å². The van der Waals surface area contributed by atoms with E-state index in [1.807, 2.05) is 0 Å². The minimum Gasteiger partial charge on any atom is -0.286 e. The molecule has 0 atom stereocenters. The second-order valence-corrected chi connectivity index (χ2v) is 6.15. The molecule has 0 radical (unpaired) electrons. The van der Waals surface area contributed by atoms with Crippen LogP contribution in [0.4, 0.5) is 4.39 Å². The van der Waals surface area contributed by atoms with Crippen LogP contribution >= 0.6 is 11.6 Å². The van der Waals surface area contributed by atoms with Gasteiger partial charge in [0.25, 0.3) is 10.1 Å². The summed E-state index contributed by atoms with van der Waals surface area (Å²) in [5, 5.41) is 7.93. The average molecular weight is 320 g/mol. The summed E-state index contributed by atoms with van der Waals surface area (Å²) in [4.78, 5) is 0. The number of hydrogen-bond acceptors (Lipinski definition) is 4. The van der Waals surface area contributed by atoms with E-state index in [0.717, 1.165) is 0 Å². The molecule has 0 unspecified atom stereocenters. The molecule has 1 aromatic heterocycles. The van der Waals surface area contributed by atoms with Gasteiger partial charge in [-0.15, -0.1) is 5.10 Å². The Morgan fingerprint density at radius 1 is 1.40 bits per heavy atom. The van der Waals surface area contributed by atoms with Gasteiger partial charge in [-0.1, -0.05) is 16.8 Å². The van der Waals surface area contributed by atoms with Gasteiger partial charge in [-0.2, -0.15) is 8.42 Å². The number of rotatable bonds is 5. The highest BCUT2D eigenvalue weighted by Gasteiger charge is 2.10. The van der Waals surface area contributed by atoms with E-state index in [4.69, 9.17) is 16.2 Å². The highest BCUT2D eigenvalue weighted by atomic mass is 35.5. The number of benzene rings is 1. The molecule has 2 rings (SSSR count). The largest absolute Gasteiger partial charge is 0.286 e. The first kappa shape index (κ1) is 14.9. The van der Waals surface area contributed by atoms with Crippen LogP contribution in [-0.4, -0.2) is 33.7 Å². The fourth-order valence-electron chi connectivity index (χ4n) is 1.63. The van der Waals surface area contributed by atoms with Crippen LogP contribution in [0, 0.1) is 5.82 Å². The van der Waals surface area contributed by atoms with Crippen molar-refractivity contribution < 1.29 is 17.4 Å². The van der Waals surface area contributed by atoms with Crippen LogP contribution in [0.1, 0.15) is 12.1 Å². The van der Waals surface area contributed by atoms with Crippen molar-refractivity contribution in [3.05, 3.63) is 40.9 Å². The van der Waals surface area contributed by atoms with E-state index in [2.05, 4.69) is 10.3 Å². The molecular formula is C11H11ClFN3O3S. The van der Waals surface area contributed by atoms with Crippen LogP contribution in [0.3, 0.4) is 0 Å². The van der Waals surface area contributed by atoms with Gasteiger partial charge < -0.3 is 0 Å². The van der Waals surface area contributed by atoms with Crippen molar-refractivity contribution in [1.82, 2.24) is 15.0 Å². The lowest BCUT2D eigenvalue weighted by atomic mass is 10.2. The SMILES string of the molecule is O=S(=O)(O)CCCc1cn(-c2cc(Cl)ccc2F)nn1. The van der Waals surface area contributed by atoms with E-state index in [0.29, 0.717) is 17.1 Å². The lowest BCUT2D eigenvalue weighted by Crippen LogP contribution is -2.04. The quantitative estimate of drug-likeness (QED) is 0.850. The van der Waals surface area contributed by atoms with Crippen molar-refractivity contribution in [1.29, 1.82) is 0 Å². The van der Waals surface area contributed by atoms with E-state index in [1.54, 1.807) is 0 Å². The first-order valence-electron chi connectivity index (χ1n) is 5.67. The molecule has 1 N–H and O–H groups in total. The zero-order valence-electron chi connectivity index (χ0n) is 10.2. The molecule has 6 nitrogen and oxygen atoms in total. The molecule has 20 heavy (non-hydrogen) atoms. The minimum atomic E-state index is -3.98. The number of hydrogen-bond donors (Lipinski definition) is 1. The molecule has 1 heterocycles. The van der Waals surface area contributed by atoms with Crippen LogP contribution in [0.5, 0.6) is 0 Å². The second kappa shape index (κ2) is 5.86. The van der Waals surface area contributed by atoms with E-state index < -0.39 is 15.9 Å². The number of aryl methyl sites for hydroxylation is 1. The Hall–Kier alpha value is -1.51. The molecule has 0 saturated carbocycles. The van der Waals surface area contributed by atoms with Crippen molar-refractivity contribution in [3.8, 4) is 5.69 Å². The molecule has 0 aliphatic heterocycles. The standard InChI is InChI=1S/C11H11ClFN3O3S/c12-8-3-4-10(13)11(6-8)16-7-9(14-15-16)2-1-5-20(17,18)19/h3-4,6-7H,1-2,5H2,(H,17,18,19). The van der Waals surface area contributed by atoms with Crippen molar-refractivity contribution in [3.63, 3.8) is 0 Å². The summed E-state index contributed by atoms with van der Waals surface area (Å²) in [7, 11) is -3.98. The van der Waals surface area contributed by atoms with Gasteiger partial charge in [-0.3, -0.25) is 4.55 Å². The van der Waals surface area contributed by atoms with Gasteiger partial charge in [0.05, 0.1) is 17.6 Å². The highest BCUT2D eigenvalue weighted by molar-refractivity contribution is 7.85. The monoisotopic (exact) mass is 319 g/mol. The predicted octanol–water partition coefficient (Wildman–Crippen LogP) is 1.88. The van der Waals surface area contributed by atoms with Crippen LogP contribution in [0.25, 0.3) is 5.69 Å². The highest BCUT2D eigenvalue weighted by Crippen LogP contribution is 2.18. The lowest BCUT2D eigenvalue weighted by Gasteiger charge is -2.02. The average Bonchev–Trinajstić information content (AvgIpc) is 2.79. The third-order valence-corrected chi connectivity index (χ3v) is 3.57. The molecule has 0 amide bonds. The second-order valence-electron chi connectivity index (χ2n) is 4.14. The van der Waals surface area contributed by atoms with Crippen LogP contribution < -0.4 is 0 Å². The topological polar surface area (TPSA) is 85.1 Å². The molecule has 2 aromatic rings. The van der Waals surface area contributed by atoms with Crippen LogP contribution in [0.2, 0.25) is 5.02 Å². The third-order valence-electron chi connectivity index (χ3n) is 2.53. The summed E-state index contributed by atoms with van der Waals surface area (Å²) < 4.78 is 44.6. The fraction of sp³-hybridized carbons (Fsp3) is 0.273. The summed E-state index contributed by atoms with van der Waals surface area (Å²) in [6.07, 6.45) is 2.00. The van der Waals surface area contributed by atoms with Crippen molar-refractivity contribution >= 4 is 21.7 Å².